The van der Waals surface area contributed by atoms with Gasteiger partial charge in [-0.3, -0.25) is 4.79 Å². The van der Waals surface area contributed by atoms with Gasteiger partial charge in [-0.2, -0.15) is 0 Å². The van der Waals surface area contributed by atoms with Crippen LogP contribution in [0.4, 0.5) is 0 Å². The lowest BCUT2D eigenvalue weighted by Gasteiger charge is -2.26. The summed E-state index contributed by atoms with van der Waals surface area (Å²) in [5.41, 5.74) is 1.48. The van der Waals surface area contributed by atoms with Gasteiger partial charge in [0.1, 0.15) is 0 Å². The van der Waals surface area contributed by atoms with Crippen LogP contribution >= 0.6 is 0 Å². The van der Waals surface area contributed by atoms with E-state index in [2.05, 4.69) is 18.8 Å². The Kier molecular flexibility index (Phi) is 6.83. The molecule has 0 heterocycles. The Bertz CT molecular complexity index is 497. The Morgan fingerprint density at radius 3 is 2.75 bits per heavy atom. The zero-order valence-electron chi connectivity index (χ0n) is 12.5. The first-order valence-electron chi connectivity index (χ1n) is 7.11. The molecule has 1 aromatic carbocycles. The van der Waals surface area contributed by atoms with Crippen molar-refractivity contribution >= 4 is 5.91 Å². The highest BCUT2D eigenvalue weighted by Gasteiger charge is 2.17. The maximum atomic E-state index is 12.5. The molecule has 108 valence electrons. The van der Waals surface area contributed by atoms with Crippen molar-refractivity contribution in [3.8, 4) is 11.8 Å². The molecule has 1 amide bonds. The first-order valence-corrected chi connectivity index (χ1v) is 7.11. The molecule has 0 aliphatic carbocycles. The van der Waals surface area contributed by atoms with Crippen LogP contribution in [0.3, 0.4) is 0 Å². The van der Waals surface area contributed by atoms with Crippen molar-refractivity contribution in [1.29, 1.82) is 0 Å². The third-order valence-electron chi connectivity index (χ3n) is 2.93. The Balaban J connectivity index is 2.93. The van der Waals surface area contributed by atoms with Gasteiger partial charge in [0.25, 0.3) is 5.91 Å². The maximum Gasteiger partial charge on any atom is 0.254 e. The van der Waals surface area contributed by atoms with E-state index in [1.54, 1.807) is 0 Å². The average Bonchev–Trinajstić information content (AvgIpc) is 2.44. The number of amides is 1. The number of aliphatic hydroxyl groups excluding tert-OH is 1. The second-order valence-electron chi connectivity index (χ2n) is 4.95. The average molecular weight is 273 g/mol. The van der Waals surface area contributed by atoms with Gasteiger partial charge >= 0.3 is 0 Å². The molecule has 1 N–H and O–H groups in total. The van der Waals surface area contributed by atoms with Crippen LogP contribution in [-0.2, 0) is 0 Å². The molecule has 0 saturated heterocycles. The Morgan fingerprint density at radius 2 is 2.15 bits per heavy atom. The molecule has 0 bridgehead atoms. The second-order valence-corrected chi connectivity index (χ2v) is 4.95. The molecule has 0 aliphatic rings. The zero-order chi connectivity index (χ0) is 15.0. The van der Waals surface area contributed by atoms with E-state index in [4.69, 9.17) is 5.11 Å². The predicted molar refractivity (Wildman–Crippen MR) is 81.5 cm³/mol. The molecule has 0 atom stereocenters. The van der Waals surface area contributed by atoms with Gasteiger partial charge in [-0.25, -0.2) is 0 Å². The SMILES string of the molecule is CCCN(C(=O)c1cccc(C#CCCO)c1)C(C)C. The molecule has 1 rings (SSSR count). The monoisotopic (exact) mass is 273 g/mol. The maximum absolute atomic E-state index is 12.5. The van der Waals surface area contributed by atoms with Crippen molar-refractivity contribution in [3.05, 3.63) is 35.4 Å². The minimum absolute atomic E-state index is 0.0488. The summed E-state index contributed by atoms with van der Waals surface area (Å²) in [4.78, 5) is 14.4. The smallest absolute Gasteiger partial charge is 0.254 e. The number of carbonyl (C=O) groups is 1. The number of benzene rings is 1. The minimum atomic E-state index is 0.0488. The van der Waals surface area contributed by atoms with Crippen LogP contribution in [0.1, 0.15) is 49.5 Å². The topological polar surface area (TPSA) is 40.5 Å². The molecule has 0 saturated carbocycles. The standard InChI is InChI=1S/C17H23NO2/c1-4-11-18(14(2)3)17(20)16-10-7-9-15(13-16)8-5-6-12-19/h7,9-10,13-14,19H,4,6,11-12H2,1-3H3. The van der Waals surface area contributed by atoms with Gasteiger partial charge in [0.05, 0.1) is 6.61 Å². The molecule has 20 heavy (non-hydrogen) atoms. The fraction of sp³-hybridized carbons (Fsp3) is 0.471. The van der Waals surface area contributed by atoms with E-state index in [1.165, 1.54) is 0 Å². The Labute approximate surface area is 121 Å². The lowest BCUT2D eigenvalue weighted by Crippen LogP contribution is -2.37. The summed E-state index contributed by atoms with van der Waals surface area (Å²) in [6, 6.07) is 7.55. The van der Waals surface area contributed by atoms with Gasteiger partial charge in [-0.05, 0) is 38.5 Å². The van der Waals surface area contributed by atoms with E-state index in [0.717, 1.165) is 18.5 Å². The molecule has 1 aromatic rings. The Hall–Kier alpha value is -1.79. The molecule has 3 heteroatoms. The van der Waals surface area contributed by atoms with Gasteiger partial charge < -0.3 is 10.0 Å². The summed E-state index contributed by atoms with van der Waals surface area (Å²) in [5.74, 6) is 5.88. The van der Waals surface area contributed by atoms with Crippen LogP contribution in [0.15, 0.2) is 24.3 Å². The summed E-state index contributed by atoms with van der Waals surface area (Å²) in [6.07, 6.45) is 1.39. The molecular formula is C17H23NO2. The van der Waals surface area contributed by atoms with Gasteiger partial charge in [0.15, 0.2) is 0 Å². The van der Waals surface area contributed by atoms with Crippen molar-refractivity contribution < 1.29 is 9.90 Å². The van der Waals surface area contributed by atoms with E-state index in [1.807, 2.05) is 43.0 Å². The number of rotatable bonds is 5. The number of nitrogens with zero attached hydrogens (tertiary/aromatic N) is 1. The van der Waals surface area contributed by atoms with Crippen LogP contribution in [-0.4, -0.2) is 35.1 Å². The van der Waals surface area contributed by atoms with E-state index >= 15 is 0 Å². The summed E-state index contributed by atoms with van der Waals surface area (Å²) in [6.45, 7) is 6.94. The normalized spacial score (nSPS) is 10.1. The van der Waals surface area contributed by atoms with E-state index < -0.39 is 0 Å². The second kappa shape index (κ2) is 8.39. The number of carbonyl (C=O) groups excluding carboxylic acids is 1. The third kappa shape index (κ3) is 4.71. The molecule has 3 nitrogen and oxygen atoms in total. The Morgan fingerprint density at radius 1 is 1.40 bits per heavy atom. The lowest BCUT2D eigenvalue weighted by atomic mass is 10.1. The largest absolute Gasteiger partial charge is 0.395 e. The highest BCUT2D eigenvalue weighted by molar-refractivity contribution is 5.94. The fourth-order valence-corrected chi connectivity index (χ4v) is 1.95. The molecule has 0 spiro atoms. The van der Waals surface area contributed by atoms with Crippen molar-refractivity contribution in [3.63, 3.8) is 0 Å². The molecule has 0 aliphatic heterocycles. The summed E-state index contributed by atoms with van der Waals surface area (Å²) in [5, 5.41) is 8.72. The summed E-state index contributed by atoms with van der Waals surface area (Å²) >= 11 is 0. The van der Waals surface area contributed by atoms with Crippen molar-refractivity contribution in [2.24, 2.45) is 0 Å². The first kappa shape index (κ1) is 16.3. The number of hydrogen-bond acceptors (Lipinski definition) is 2. The fourth-order valence-electron chi connectivity index (χ4n) is 1.95. The summed E-state index contributed by atoms with van der Waals surface area (Å²) < 4.78 is 0. The first-order chi connectivity index (χ1) is 9.60. The predicted octanol–water partition coefficient (Wildman–Crippen LogP) is 2.68. The van der Waals surface area contributed by atoms with Gasteiger partial charge in [0, 0.05) is 30.1 Å². The minimum Gasteiger partial charge on any atom is -0.395 e. The van der Waals surface area contributed by atoms with Gasteiger partial charge in [-0.1, -0.05) is 24.8 Å². The van der Waals surface area contributed by atoms with Crippen LogP contribution < -0.4 is 0 Å². The van der Waals surface area contributed by atoms with E-state index in [-0.39, 0.29) is 18.6 Å². The van der Waals surface area contributed by atoms with Crippen LogP contribution in [0.2, 0.25) is 0 Å². The van der Waals surface area contributed by atoms with Crippen molar-refractivity contribution in [2.75, 3.05) is 13.2 Å². The van der Waals surface area contributed by atoms with Gasteiger partial charge in [0.2, 0.25) is 0 Å². The quantitative estimate of drug-likeness (QED) is 0.838. The summed E-state index contributed by atoms with van der Waals surface area (Å²) in [7, 11) is 0. The number of aliphatic hydroxyl groups is 1. The van der Waals surface area contributed by atoms with Crippen LogP contribution in [0.5, 0.6) is 0 Å². The lowest BCUT2D eigenvalue weighted by molar-refractivity contribution is 0.0706. The van der Waals surface area contributed by atoms with Crippen molar-refractivity contribution in [1.82, 2.24) is 4.90 Å². The highest BCUT2D eigenvalue weighted by Crippen LogP contribution is 2.11. The zero-order valence-corrected chi connectivity index (χ0v) is 12.5. The van der Waals surface area contributed by atoms with E-state index in [0.29, 0.717) is 12.0 Å². The highest BCUT2D eigenvalue weighted by atomic mass is 16.2. The molecular weight excluding hydrogens is 250 g/mol. The molecule has 0 unspecified atom stereocenters. The van der Waals surface area contributed by atoms with Crippen LogP contribution in [0.25, 0.3) is 0 Å². The molecule has 0 aromatic heterocycles. The van der Waals surface area contributed by atoms with E-state index in [9.17, 15) is 4.79 Å². The van der Waals surface area contributed by atoms with Gasteiger partial charge in [-0.15, -0.1) is 0 Å². The number of hydrogen-bond donors (Lipinski definition) is 1. The molecule has 0 fully saturated rings. The van der Waals surface area contributed by atoms with Crippen LogP contribution in [0, 0.1) is 11.8 Å². The third-order valence-corrected chi connectivity index (χ3v) is 2.93. The van der Waals surface area contributed by atoms with Crippen molar-refractivity contribution in [2.45, 2.75) is 39.7 Å². The molecule has 0 radical (unpaired) electrons.